The largest absolute Gasteiger partial charge is 0.361 e. The van der Waals surface area contributed by atoms with E-state index in [2.05, 4.69) is 23.3 Å². The molecule has 0 spiro atoms. The van der Waals surface area contributed by atoms with Gasteiger partial charge in [-0.15, -0.1) is 0 Å². The standard InChI is InChI=1S/C17H16Cl2N2/c18-15-6-5-11(8-16(15)19)7-12(9-20)14-10-21-17-4-2-1-3-13(14)17/h1-6,8,10,12,21H,7,9,20H2. The Hall–Kier alpha value is -1.48. The molecule has 4 heteroatoms. The van der Waals surface area contributed by atoms with E-state index in [1.54, 1.807) is 0 Å². The number of hydrogen-bond acceptors (Lipinski definition) is 1. The topological polar surface area (TPSA) is 41.8 Å². The van der Waals surface area contributed by atoms with Gasteiger partial charge in [0.05, 0.1) is 10.0 Å². The van der Waals surface area contributed by atoms with Crippen LogP contribution in [0.25, 0.3) is 10.9 Å². The number of aromatic amines is 1. The molecular weight excluding hydrogens is 303 g/mol. The van der Waals surface area contributed by atoms with E-state index in [1.807, 2.05) is 30.3 Å². The molecule has 1 heterocycles. The Morgan fingerprint density at radius 3 is 2.62 bits per heavy atom. The van der Waals surface area contributed by atoms with E-state index in [1.165, 1.54) is 10.9 Å². The molecule has 108 valence electrons. The van der Waals surface area contributed by atoms with E-state index in [0.29, 0.717) is 16.6 Å². The molecule has 0 fully saturated rings. The van der Waals surface area contributed by atoms with E-state index < -0.39 is 0 Å². The second-order valence-corrected chi connectivity index (χ2v) is 5.99. The fourth-order valence-corrected chi connectivity index (χ4v) is 3.02. The zero-order chi connectivity index (χ0) is 14.8. The highest BCUT2D eigenvalue weighted by Gasteiger charge is 2.15. The van der Waals surface area contributed by atoms with Crippen LogP contribution in [0.2, 0.25) is 10.0 Å². The third kappa shape index (κ3) is 2.93. The van der Waals surface area contributed by atoms with E-state index in [4.69, 9.17) is 28.9 Å². The van der Waals surface area contributed by atoms with Gasteiger partial charge >= 0.3 is 0 Å². The van der Waals surface area contributed by atoms with Gasteiger partial charge in [0, 0.05) is 23.0 Å². The summed E-state index contributed by atoms with van der Waals surface area (Å²) in [4.78, 5) is 3.31. The Balaban J connectivity index is 1.93. The summed E-state index contributed by atoms with van der Waals surface area (Å²) in [5.41, 5.74) is 9.53. The molecular formula is C17H16Cl2N2. The lowest BCUT2D eigenvalue weighted by molar-refractivity contribution is 0.699. The third-order valence-electron chi connectivity index (χ3n) is 3.81. The van der Waals surface area contributed by atoms with Gasteiger partial charge in [0.1, 0.15) is 0 Å². The Kier molecular flexibility index (Phi) is 4.20. The molecule has 2 aromatic carbocycles. The van der Waals surface area contributed by atoms with Crippen molar-refractivity contribution in [3.8, 4) is 0 Å². The van der Waals surface area contributed by atoms with E-state index in [9.17, 15) is 0 Å². The molecule has 0 aliphatic carbocycles. The first-order valence-electron chi connectivity index (χ1n) is 6.89. The van der Waals surface area contributed by atoms with Gasteiger partial charge in [-0.3, -0.25) is 0 Å². The van der Waals surface area contributed by atoms with Crippen molar-refractivity contribution in [2.45, 2.75) is 12.3 Å². The van der Waals surface area contributed by atoms with Gasteiger partial charge in [0.2, 0.25) is 0 Å². The predicted octanol–water partition coefficient (Wildman–Crippen LogP) is 4.76. The fraction of sp³-hybridized carbons (Fsp3) is 0.176. The SMILES string of the molecule is NCC(Cc1ccc(Cl)c(Cl)c1)c1c[nH]c2ccccc12. The monoisotopic (exact) mass is 318 g/mol. The minimum Gasteiger partial charge on any atom is -0.361 e. The number of benzene rings is 2. The molecule has 3 rings (SSSR count). The van der Waals surface area contributed by atoms with Crippen LogP contribution in [-0.2, 0) is 6.42 Å². The highest BCUT2D eigenvalue weighted by molar-refractivity contribution is 6.42. The molecule has 0 aliphatic rings. The summed E-state index contributed by atoms with van der Waals surface area (Å²) in [6.45, 7) is 0.585. The first-order valence-corrected chi connectivity index (χ1v) is 7.64. The number of aromatic nitrogens is 1. The molecule has 3 aromatic rings. The number of nitrogens with two attached hydrogens (primary N) is 1. The number of rotatable bonds is 4. The maximum Gasteiger partial charge on any atom is 0.0595 e. The van der Waals surface area contributed by atoms with Crippen LogP contribution >= 0.6 is 23.2 Å². The summed E-state index contributed by atoms with van der Waals surface area (Å²) >= 11 is 12.1. The van der Waals surface area contributed by atoms with Crippen LogP contribution in [0.5, 0.6) is 0 Å². The Morgan fingerprint density at radius 1 is 1.05 bits per heavy atom. The smallest absolute Gasteiger partial charge is 0.0595 e. The number of fused-ring (bicyclic) bond motifs is 1. The summed E-state index contributed by atoms with van der Waals surface area (Å²) in [6.07, 6.45) is 2.90. The predicted molar refractivity (Wildman–Crippen MR) is 90.3 cm³/mol. The zero-order valence-corrected chi connectivity index (χ0v) is 13.0. The van der Waals surface area contributed by atoms with Crippen LogP contribution in [-0.4, -0.2) is 11.5 Å². The normalized spacial score (nSPS) is 12.7. The number of para-hydroxylation sites is 1. The molecule has 0 radical (unpaired) electrons. The fourth-order valence-electron chi connectivity index (χ4n) is 2.70. The molecule has 1 unspecified atom stereocenters. The minimum atomic E-state index is 0.249. The van der Waals surface area contributed by atoms with Crippen molar-refractivity contribution in [2.24, 2.45) is 5.73 Å². The number of halogens is 2. The van der Waals surface area contributed by atoms with Crippen molar-refractivity contribution in [2.75, 3.05) is 6.54 Å². The Bertz CT molecular complexity index is 764. The van der Waals surface area contributed by atoms with Gasteiger partial charge in [-0.1, -0.05) is 47.5 Å². The van der Waals surface area contributed by atoms with E-state index in [-0.39, 0.29) is 5.92 Å². The number of nitrogens with one attached hydrogen (secondary N) is 1. The molecule has 21 heavy (non-hydrogen) atoms. The molecule has 1 aromatic heterocycles. The summed E-state index contributed by atoms with van der Waals surface area (Å²) in [5.74, 6) is 0.249. The Morgan fingerprint density at radius 2 is 1.86 bits per heavy atom. The average molecular weight is 319 g/mol. The molecule has 2 nitrogen and oxygen atoms in total. The molecule has 0 bridgehead atoms. The van der Waals surface area contributed by atoms with Gasteiger partial charge in [0.25, 0.3) is 0 Å². The van der Waals surface area contributed by atoms with Gasteiger partial charge in [-0.05, 0) is 42.3 Å². The summed E-state index contributed by atoms with van der Waals surface area (Å²) in [5, 5.41) is 2.40. The average Bonchev–Trinajstić information content (AvgIpc) is 2.92. The molecule has 0 amide bonds. The minimum absolute atomic E-state index is 0.249. The maximum atomic E-state index is 6.09. The van der Waals surface area contributed by atoms with Crippen LogP contribution < -0.4 is 5.73 Å². The first-order chi connectivity index (χ1) is 10.2. The summed E-state index contributed by atoms with van der Waals surface area (Å²) in [6, 6.07) is 14.0. The third-order valence-corrected chi connectivity index (χ3v) is 4.55. The Labute approximate surface area is 133 Å². The van der Waals surface area contributed by atoms with Crippen molar-refractivity contribution in [1.82, 2.24) is 4.98 Å². The van der Waals surface area contributed by atoms with Gasteiger partial charge in [0.15, 0.2) is 0 Å². The second-order valence-electron chi connectivity index (χ2n) is 5.17. The second kappa shape index (κ2) is 6.10. The van der Waals surface area contributed by atoms with Crippen molar-refractivity contribution in [3.63, 3.8) is 0 Å². The molecule has 0 aliphatic heterocycles. The van der Waals surface area contributed by atoms with Crippen molar-refractivity contribution in [3.05, 3.63) is 69.8 Å². The number of H-pyrrole nitrogens is 1. The first kappa shape index (κ1) is 14.5. The van der Waals surface area contributed by atoms with Crippen molar-refractivity contribution >= 4 is 34.1 Å². The van der Waals surface area contributed by atoms with Gasteiger partial charge < -0.3 is 10.7 Å². The van der Waals surface area contributed by atoms with E-state index in [0.717, 1.165) is 17.5 Å². The van der Waals surface area contributed by atoms with Crippen molar-refractivity contribution in [1.29, 1.82) is 0 Å². The quantitative estimate of drug-likeness (QED) is 0.715. The van der Waals surface area contributed by atoms with E-state index >= 15 is 0 Å². The highest BCUT2D eigenvalue weighted by Crippen LogP contribution is 2.29. The van der Waals surface area contributed by atoms with Crippen LogP contribution in [0.1, 0.15) is 17.0 Å². The molecule has 1 atom stereocenters. The lowest BCUT2D eigenvalue weighted by Gasteiger charge is -2.15. The molecule has 3 N–H and O–H groups in total. The van der Waals surface area contributed by atoms with Crippen LogP contribution in [0, 0.1) is 0 Å². The van der Waals surface area contributed by atoms with Crippen molar-refractivity contribution < 1.29 is 0 Å². The van der Waals surface area contributed by atoms with Gasteiger partial charge in [-0.25, -0.2) is 0 Å². The molecule has 0 saturated carbocycles. The summed E-state index contributed by atoms with van der Waals surface area (Å²) < 4.78 is 0. The van der Waals surface area contributed by atoms with Crippen LogP contribution in [0.3, 0.4) is 0 Å². The molecule has 0 saturated heterocycles. The lowest BCUT2D eigenvalue weighted by Crippen LogP contribution is -2.14. The summed E-state index contributed by atoms with van der Waals surface area (Å²) in [7, 11) is 0. The van der Waals surface area contributed by atoms with Gasteiger partial charge in [-0.2, -0.15) is 0 Å². The maximum absolute atomic E-state index is 6.09. The zero-order valence-electron chi connectivity index (χ0n) is 11.4. The highest BCUT2D eigenvalue weighted by atomic mass is 35.5. The van der Waals surface area contributed by atoms with Crippen LogP contribution in [0.15, 0.2) is 48.7 Å². The lowest BCUT2D eigenvalue weighted by atomic mass is 9.92. The number of hydrogen-bond donors (Lipinski definition) is 2. The van der Waals surface area contributed by atoms with Crippen LogP contribution in [0.4, 0.5) is 0 Å².